The van der Waals surface area contributed by atoms with Gasteiger partial charge < -0.3 is 5.32 Å². The maximum absolute atomic E-state index is 11.2. The standard InChI is InChI=1S/C10H19NO/c1-4-6-9(11-3)8-10(12)7-5-2/h5,9,11H,2,4,6-8H2,1,3H3. The Kier molecular flexibility index (Phi) is 6.67. The Morgan fingerprint density at radius 3 is 2.75 bits per heavy atom. The van der Waals surface area contributed by atoms with Gasteiger partial charge in [-0.1, -0.05) is 19.4 Å². The van der Waals surface area contributed by atoms with Gasteiger partial charge in [0.2, 0.25) is 0 Å². The summed E-state index contributed by atoms with van der Waals surface area (Å²) in [5.74, 6) is 0.276. The van der Waals surface area contributed by atoms with Crippen LogP contribution in [0.25, 0.3) is 0 Å². The number of nitrogens with one attached hydrogen (secondary N) is 1. The smallest absolute Gasteiger partial charge is 0.138 e. The molecule has 0 spiro atoms. The monoisotopic (exact) mass is 169 g/mol. The van der Waals surface area contributed by atoms with Crippen molar-refractivity contribution in [2.75, 3.05) is 7.05 Å². The highest BCUT2D eigenvalue weighted by Gasteiger charge is 2.08. The quantitative estimate of drug-likeness (QED) is 0.590. The van der Waals surface area contributed by atoms with Crippen LogP contribution in [-0.2, 0) is 4.79 Å². The maximum Gasteiger partial charge on any atom is 0.138 e. The lowest BCUT2D eigenvalue weighted by atomic mass is 10.0. The van der Waals surface area contributed by atoms with E-state index in [4.69, 9.17) is 0 Å². The van der Waals surface area contributed by atoms with Gasteiger partial charge in [0.05, 0.1) is 0 Å². The Balaban J connectivity index is 3.68. The SMILES string of the molecule is C=CCC(=O)CC(CCC)NC. The zero-order chi connectivity index (χ0) is 9.40. The van der Waals surface area contributed by atoms with Crippen molar-refractivity contribution in [2.45, 2.75) is 38.6 Å². The van der Waals surface area contributed by atoms with Crippen LogP contribution in [0.1, 0.15) is 32.6 Å². The summed E-state index contributed by atoms with van der Waals surface area (Å²) in [6, 6.07) is 0.349. The molecule has 70 valence electrons. The molecule has 0 aliphatic rings. The van der Waals surface area contributed by atoms with Crippen LogP contribution >= 0.6 is 0 Å². The van der Waals surface area contributed by atoms with Gasteiger partial charge in [-0.3, -0.25) is 4.79 Å². The molecule has 0 rings (SSSR count). The molecule has 0 heterocycles. The minimum atomic E-state index is 0.276. The summed E-state index contributed by atoms with van der Waals surface area (Å²) in [5, 5.41) is 3.14. The second kappa shape index (κ2) is 7.04. The number of allylic oxidation sites excluding steroid dienone is 1. The highest BCUT2D eigenvalue weighted by Crippen LogP contribution is 2.03. The summed E-state index contributed by atoms with van der Waals surface area (Å²) in [6.45, 7) is 5.67. The summed E-state index contributed by atoms with van der Waals surface area (Å²) in [7, 11) is 1.90. The second-order valence-corrected chi connectivity index (χ2v) is 3.01. The predicted octanol–water partition coefficient (Wildman–Crippen LogP) is 1.91. The first-order chi connectivity index (χ1) is 5.74. The third kappa shape index (κ3) is 5.08. The van der Waals surface area contributed by atoms with Gasteiger partial charge in [0.1, 0.15) is 5.78 Å². The number of carbonyl (C=O) groups excluding carboxylic acids is 1. The summed E-state index contributed by atoms with van der Waals surface area (Å²) in [5.41, 5.74) is 0. The zero-order valence-corrected chi connectivity index (χ0v) is 8.10. The first-order valence-corrected chi connectivity index (χ1v) is 4.54. The van der Waals surface area contributed by atoms with Gasteiger partial charge in [-0.25, -0.2) is 0 Å². The van der Waals surface area contributed by atoms with Crippen LogP contribution in [0.15, 0.2) is 12.7 Å². The predicted molar refractivity (Wildman–Crippen MR) is 52.2 cm³/mol. The van der Waals surface area contributed by atoms with Crippen molar-refractivity contribution < 1.29 is 4.79 Å². The van der Waals surface area contributed by atoms with Gasteiger partial charge >= 0.3 is 0 Å². The topological polar surface area (TPSA) is 29.1 Å². The third-order valence-corrected chi connectivity index (χ3v) is 1.89. The molecular formula is C10H19NO. The van der Waals surface area contributed by atoms with Crippen LogP contribution in [0.3, 0.4) is 0 Å². The van der Waals surface area contributed by atoms with E-state index in [1.807, 2.05) is 7.05 Å². The van der Waals surface area contributed by atoms with Crippen molar-refractivity contribution in [1.82, 2.24) is 5.32 Å². The van der Waals surface area contributed by atoms with E-state index in [1.165, 1.54) is 0 Å². The van der Waals surface area contributed by atoms with Crippen molar-refractivity contribution in [3.8, 4) is 0 Å². The van der Waals surface area contributed by atoms with Gasteiger partial charge in [0.25, 0.3) is 0 Å². The minimum absolute atomic E-state index is 0.276. The maximum atomic E-state index is 11.2. The van der Waals surface area contributed by atoms with E-state index in [-0.39, 0.29) is 5.78 Å². The molecule has 0 saturated carbocycles. The normalized spacial score (nSPS) is 12.5. The summed E-state index contributed by atoms with van der Waals surface area (Å²) in [6.07, 6.45) is 4.99. The van der Waals surface area contributed by atoms with Crippen LogP contribution in [-0.4, -0.2) is 18.9 Å². The molecule has 0 fully saturated rings. The highest BCUT2D eigenvalue weighted by atomic mass is 16.1. The number of hydrogen-bond acceptors (Lipinski definition) is 2. The Labute approximate surface area is 75.0 Å². The average molecular weight is 169 g/mol. The van der Waals surface area contributed by atoms with Crippen LogP contribution in [0.2, 0.25) is 0 Å². The molecule has 1 N–H and O–H groups in total. The summed E-state index contributed by atoms with van der Waals surface area (Å²) < 4.78 is 0. The zero-order valence-electron chi connectivity index (χ0n) is 8.10. The number of Topliss-reactive ketones (excluding diaryl/α,β-unsaturated/α-hetero) is 1. The summed E-state index contributed by atoms with van der Waals surface area (Å²) >= 11 is 0. The second-order valence-electron chi connectivity index (χ2n) is 3.01. The van der Waals surface area contributed by atoms with Gasteiger partial charge in [-0.2, -0.15) is 0 Å². The molecule has 1 unspecified atom stereocenters. The Morgan fingerprint density at radius 1 is 1.67 bits per heavy atom. The molecule has 0 aliphatic heterocycles. The van der Waals surface area contributed by atoms with Crippen LogP contribution in [0.5, 0.6) is 0 Å². The van der Waals surface area contributed by atoms with Crippen molar-refractivity contribution >= 4 is 5.78 Å². The lowest BCUT2D eigenvalue weighted by Gasteiger charge is -2.13. The van der Waals surface area contributed by atoms with E-state index < -0.39 is 0 Å². The lowest BCUT2D eigenvalue weighted by Crippen LogP contribution is -2.27. The first kappa shape index (κ1) is 11.4. The Hall–Kier alpha value is -0.630. The number of rotatable bonds is 7. The number of hydrogen-bond donors (Lipinski definition) is 1. The molecule has 0 amide bonds. The van der Waals surface area contributed by atoms with Crippen molar-refractivity contribution in [2.24, 2.45) is 0 Å². The Morgan fingerprint density at radius 2 is 2.33 bits per heavy atom. The highest BCUT2D eigenvalue weighted by molar-refractivity contribution is 5.80. The average Bonchev–Trinajstić information content (AvgIpc) is 2.04. The number of ketones is 1. The lowest BCUT2D eigenvalue weighted by molar-refractivity contribution is -0.118. The van der Waals surface area contributed by atoms with E-state index >= 15 is 0 Å². The molecule has 0 bridgehead atoms. The van der Waals surface area contributed by atoms with Crippen molar-refractivity contribution in [1.29, 1.82) is 0 Å². The molecule has 1 atom stereocenters. The molecule has 2 heteroatoms. The van der Waals surface area contributed by atoms with Gasteiger partial charge in [-0.15, -0.1) is 6.58 Å². The molecule has 0 aliphatic carbocycles. The molecule has 0 saturated heterocycles. The fourth-order valence-corrected chi connectivity index (χ4v) is 1.22. The molecule has 2 nitrogen and oxygen atoms in total. The fraction of sp³-hybridized carbons (Fsp3) is 0.700. The molecule has 12 heavy (non-hydrogen) atoms. The van der Waals surface area contributed by atoms with Crippen LogP contribution in [0.4, 0.5) is 0 Å². The molecular weight excluding hydrogens is 150 g/mol. The molecule has 0 aromatic rings. The van der Waals surface area contributed by atoms with Gasteiger partial charge in [0.15, 0.2) is 0 Å². The van der Waals surface area contributed by atoms with Crippen molar-refractivity contribution in [3.63, 3.8) is 0 Å². The molecule has 0 radical (unpaired) electrons. The third-order valence-electron chi connectivity index (χ3n) is 1.89. The van der Waals surface area contributed by atoms with E-state index in [2.05, 4.69) is 18.8 Å². The van der Waals surface area contributed by atoms with E-state index in [0.717, 1.165) is 12.8 Å². The number of carbonyl (C=O) groups is 1. The van der Waals surface area contributed by atoms with Crippen LogP contribution < -0.4 is 5.32 Å². The largest absolute Gasteiger partial charge is 0.317 e. The minimum Gasteiger partial charge on any atom is -0.317 e. The van der Waals surface area contributed by atoms with E-state index in [9.17, 15) is 4.79 Å². The Bertz CT molecular complexity index is 143. The van der Waals surface area contributed by atoms with E-state index in [0.29, 0.717) is 18.9 Å². The van der Waals surface area contributed by atoms with E-state index in [1.54, 1.807) is 6.08 Å². The fourth-order valence-electron chi connectivity index (χ4n) is 1.22. The van der Waals surface area contributed by atoms with Gasteiger partial charge in [0, 0.05) is 18.9 Å². The summed E-state index contributed by atoms with van der Waals surface area (Å²) in [4.78, 5) is 11.2. The van der Waals surface area contributed by atoms with Crippen molar-refractivity contribution in [3.05, 3.63) is 12.7 Å². The first-order valence-electron chi connectivity index (χ1n) is 4.54. The molecule has 0 aromatic heterocycles. The molecule has 0 aromatic carbocycles. The van der Waals surface area contributed by atoms with Gasteiger partial charge in [-0.05, 0) is 13.5 Å². The van der Waals surface area contributed by atoms with Crippen LogP contribution in [0, 0.1) is 0 Å².